The number of aromatic nitrogens is 1. The molecule has 0 spiro atoms. The lowest BCUT2D eigenvalue weighted by Crippen LogP contribution is -2.50. The number of amides is 2. The molecule has 0 N–H and O–H groups in total. The van der Waals surface area contributed by atoms with E-state index in [1.165, 1.54) is 12.3 Å². The van der Waals surface area contributed by atoms with E-state index in [1.807, 2.05) is 11.0 Å². The van der Waals surface area contributed by atoms with Gasteiger partial charge in [0.25, 0.3) is 5.69 Å². The van der Waals surface area contributed by atoms with Crippen LogP contribution in [0.25, 0.3) is 0 Å². The first-order valence-electron chi connectivity index (χ1n) is 9.45. The van der Waals surface area contributed by atoms with Crippen molar-refractivity contribution in [2.45, 2.75) is 13.0 Å². The molecule has 2 aliphatic heterocycles. The lowest BCUT2D eigenvalue weighted by Gasteiger charge is -2.36. The van der Waals surface area contributed by atoms with Crippen molar-refractivity contribution in [3.63, 3.8) is 0 Å². The van der Waals surface area contributed by atoms with Crippen molar-refractivity contribution in [2.24, 2.45) is 5.92 Å². The van der Waals surface area contributed by atoms with Gasteiger partial charge in [-0.15, -0.1) is 0 Å². The summed E-state index contributed by atoms with van der Waals surface area (Å²) in [5.41, 5.74) is -0.0485. The van der Waals surface area contributed by atoms with E-state index in [9.17, 15) is 19.7 Å². The molecule has 2 amide bonds. The summed E-state index contributed by atoms with van der Waals surface area (Å²) in [6, 6.07) is 6.64. The van der Waals surface area contributed by atoms with Gasteiger partial charge in [0.05, 0.1) is 23.6 Å². The van der Waals surface area contributed by atoms with Crippen LogP contribution in [0.5, 0.6) is 0 Å². The van der Waals surface area contributed by atoms with Crippen molar-refractivity contribution >= 4 is 23.3 Å². The van der Waals surface area contributed by atoms with E-state index in [0.29, 0.717) is 50.8 Å². The molecule has 4 heterocycles. The molecule has 29 heavy (non-hydrogen) atoms. The number of carbonyl (C=O) groups excluding carboxylic acids is 2. The maximum Gasteiger partial charge on any atom is 0.287 e. The summed E-state index contributed by atoms with van der Waals surface area (Å²) in [5, 5.41) is 10.7. The monoisotopic (exact) mass is 399 g/mol. The van der Waals surface area contributed by atoms with E-state index in [-0.39, 0.29) is 29.8 Å². The fourth-order valence-corrected chi connectivity index (χ4v) is 3.77. The fraction of sp³-hybridized carbons (Fsp3) is 0.421. The highest BCUT2D eigenvalue weighted by Crippen LogP contribution is 2.24. The molecule has 0 radical (unpaired) electrons. The zero-order chi connectivity index (χ0) is 20.4. The van der Waals surface area contributed by atoms with Crippen molar-refractivity contribution in [3.05, 3.63) is 52.6 Å². The van der Waals surface area contributed by atoms with Crippen LogP contribution in [0.2, 0.25) is 0 Å². The predicted molar refractivity (Wildman–Crippen MR) is 102 cm³/mol. The highest BCUT2D eigenvalue weighted by Gasteiger charge is 2.37. The van der Waals surface area contributed by atoms with E-state index < -0.39 is 4.92 Å². The summed E-state index contributed by atoms with van der Waals surface area (Å²) in [6.45, 7) is 3.03. The Morgan fingerprint density at radius 2 is 2.03 bits per heavy atom. The van der Waals surface area contributed by atoms with Gasteiger partial charge in [0.1, 0.15) is 17.8 Å². The Morgan fingerprint density at radius 3 is 2.66 bits per heavy atom. The molecule has 1 unspecified atom stereocenters. The van der Waals surface area contributed by atoms with Gasteiger partial charge in [0, 0.05) is 45.2 Å². The number of piperazine rings is 1. The van der Waals surface area contributed by atoms with Crippen LogP contribution in [0.15, 0.2) is 41.1 Å². The molecule has 0 aliphatic carbocycles. The van der Waals surface area contributed by atoms with Crippen LogP contribution in [0.1, 0.15) is 12.2 Å². The first kappa shape index (κ1) is 18.9. The number of furan rings is 1. The summed E-state index contributed by atoms with van der Waals surface area (Å²) < 4.78 is 5.29. The van der Waals surface area contributed by atoms with E-state index >= 15 is 0 Å². The fourth-order valence-electron chi connectivity index (χ4n) is 3.77. The SMILES string of the molecule is O=C1CC(C(=O)N2CCN(c3ccc([N+](=O)[O-])cn3)CC2)CN1Cc1ccco1. The van der Waals surface area contributed by atoms with E-state index in [4.69, 9.17) is 4.42 Å². The van der Waals surface area contributed by atoms with Gasteiger partial charge < -0.3 is 19.1 Å². The van der Waals surface area contributed by atoms with Gasteiger partial charge in [-0.1, -0.05) is 0 Å². The lowest BCUT2D eigenvalue weighted by atomic mass is 10.1. The number of carbonyl (C=O) groups is 2. The molecular formula is C19H21N5O5. The van der Waals surface area contributed by atoms with E-state index in [0.717, 1.165) is 0 Å². The van der Waals surface area contributed by atoms with Crippen LogP contribution in [-0.4, -0.2) is 64.2 Å². The van der Waals surface area contributed by atoms with Gasteiger partial charge in [-0.05, 0) is 18.2 Å². The maximum absolute atomic E-state index is 12.9. The van der Waals surface area contributed by atoms with Crippen LogP contribution in [-0.2, 0) is 16.1 Å². The predicted octanol–water partition coefficient (Wildman–Crippen LogP) is 1.28. The molecule has 1 atom stereocenters. The van der Waals surface area contributed by atoms with Crippen molar-refractivity contribution in [1.29, 1.82) is 0 Å². The Labute approximate surface area is 166 Å². The van der Waals surface area contributed by atoms with Crippen LogP contribution < -0.4 is 4.90 Å². The molecule has 2 aliphatic rings. The van der Waals surface area contributed by atoms with Crippen LogP contribution >= 0.6 is 0 Å². The Hall–Kier alpha value is -3.43. The van der Waals surface area contributed by atoms with Crippen LogP contribution in [0, 0.1) is 16.0 Å². The zero-order valence-electron chi connectivity index (χ0n) is 15.8. The third-order valence-corrected chi connectivity index (χ3v) is 5.35. The Balaban J connectivity index is 1.31. The molecule has 0 aromatic carbocycles. The van der Waals surface area contributed by atoms with E-state index in [2.05, 4.69) is 4.98 Å². The van der Waals surface area contributed by atoms with E-state index in [1.54, 1.807) is 28.2 Å². The Kier molecular flexibility index (Phi) is 5.15. The van der Waals surface area contributed by atoms with Crippen molar-refractivity contribution in [1.82, 2.24) is 14.8 Å². The average Bonchev–Trinajstić information content (AvgIpc) is 3.38. The second-order valence-electron chi connectivity index (χ2n) is 7.20. The molecule has 2 saturated heterocycles. The smallest absolute Gasteiger partial charge is 0.287 e. The molecule has 0 saturated carbocycles. The third kappa shape index (κ3) is 4.05. The summed E-state index contributed by atoms with van der Waals surface area (Å²) in [5.74, 6) is 0.991. The molecule has 0 bridgehead atoms. The lowest BCUT2D eigenvalue weighted by molar-refractivity contribution is -0.385. The number of pyridine rings is 1. The van der Waals surface area contributed by atoms with Crippen LogP contribution in [0.4, 0.5) is 11.5 Å². The molecule has 2 aromatic heterocycles. The van der Waals surface area contributed by atoms with Crippen molar-refractivity contribution in [3.8, 4) is 0 Å². The number of hydrogen-bond acceptors (Lipinski definition) is 7. The minimum absolute atomic E-state index is 0.00314. The number of rotatable bonds is 5. The molecular weight excluding hydrogens is 378 g/mol. The summed E-state index contributed by atoms with van der Waals surface area (Å²) in [4.78, 5) is 45.0. The number of anilines is 1. The first-order chi connectivity index (χ1) is 14.0. The minimum atomic E-state index is -0.481. The number of likely N-dealkylation sites (tertiary alicyclic amines) is 1. The normalized spacial score (nSPS) is 19.7. The Morgan fingerprint density at radius 1 is 1.24 bits per heavy atom. The minimum Gasteiger partial charge on any atom is -0.467 e. The Bertz CT molecular complexity index is 890. The van der Waals surface area contributed by atoms with Crippen LogP contribution in [0.3, 0.4) is 0 Å². The molecule has 10 heteroatoms. The number of hydrogen-bond donors (Lipinski definition) is 0. The quantitative estimate of drug-likeness (QED) is 0.550. The zero-order valence-corrected chi connectivity index (χ0v) is 15.8. The number of nitro groups is 1. The highest BCUT2D eigenvalue weighted by molar-refractivity contribution is 5.89. The molecule has 2 fully saturated rings. The van der Waals surface area contributed by atoms with Crippen molar-refractivity contribution in [2.75, 3.05) is 37.6 Å². The van der Waals surface area contributed by atoms with Crippen molar-refractivity contribution < 1.29 is 18.9 Å². The topological polar surface area (TPSA) is 113 Å². The molecule has 152 valence electrons. The largest absolute Gasteiger partial charge is 0.467 e. The van der Waals surface area contributed by atoms with Gasteiger partial charge in [0.15, 0.2) is 0 Å². The molecule has 10 nitrogen and oxygen atoms in total. The molecule has 4 rings (SSSR count). The average molecular weight is 399 g/mol. The highest BCUT2D eigenvalue weighted by atomic mass is 16.6. The summed E-state index contributed by atoms with van der Waals surface area (Å²) >= 11 is 0. The standard InChI is InChI=1S/C19H21N5O5/c25-18-10-14(12-23(18)13-16-2-1-9-29-16)19(26)22-7-5-21(6-8-22)17-4-3-15(11-20-17)24(27)28/h1-4,9,11,14H,5-8,10,12-13H2. The maximum atomic E-state index is 12.9. The second kappa shape index (κ2) is 7.90. The second-order valence-corrected chi connectivity index (χ2v) is 7.20. The first-order valence-corrected chi connectivity index (χ1v) is 9.45. The van der Waals surface area contributed by atoms with Gasteiger partial charge in [-0.25, -0.2) is 4.98 Å². The van der Waals surface area contributed by atoms with Gasteiger partial charge in [-0.3, -0.25) is 19.7 Å². The summed E-state index contributed by atoms with van der Waals surface area (Å²) in [7, 11) is 0. The summed E-state index contributed by atoms with van der Waals surface area (Å²) in [6.07, 6.45) is 3.03. The number of nitrogens with zero attached hydrogens (tertiary/aromatic N) is 5. The van der Waals surface area contributed by atoms with Gasteiger partial charge in [-0.2, -0.15) is 0 Å². The molecule has 2 aromatic rings. The van der Waals surface area contributed by atoms with Gasteiger partial charge in [0.2, 0.25) is 11.8 Å². The third-order valence-electron chi connectivity index (χ3n) is 5.35. The van der Waals surface area contributed by atoms with Gasteiger partial charge >= 0.3 is 0 Å².